The van der Waals surface area contributed by atoms with E-state index in [-0.39, 0.29) is 5.92 Å². The number of likely N-dealkylation sites (tertiary alicyclic amines) is 1. The first-order valence-electron chi connectivity index (χ1n) is 10.2. The molecule has 2 atom stereocenters. The molecule has 3 aliphatic rings. The fourth-order valence-electron chi connectivity index (χ4n) is 4.69. The molecule has 0 bridgehead atoms. The number of hydrogen-bond acceptors (Lipinski definition) is 4. The van der Waals surface area contributed by atoms with Gasteiger partial charge in [0.25, 0.3) is 0 Å². The molecule has 2 fully saturated rings. The molecular weight excluding hydrogens is 326 g/mol. The lowest BCUT2D eigenvalue weighted by molar-refractivity contribution is -0.136. The van der Waals surface area contributed by atoms with E-state index >= 15 is 0 Å². The van der Waals surface area contributed by atoms with Crippen molar-refractivity contribution in [1.29, 1.82) is 0 Å². The van der Waals surface area contributed by atoms with E-state index in [0.29, 0.717) is 17.9 Å². The number of H-pyrrole nitrogens is 1. The highest BCUT2D eigenvalue weighted by atomic mass is 16.2. The van der Waals surface area contributed by atoms with Gasteiger partial charge < -0.3 is 14.7 Å². The lowest BCUT2D eigenvalue weighted by atomic mass is 9.99. The highest BCUT2D eigenvalue weighted by molar-refractivity contribution is 5.79. The minimum Gasteiger partial charge on any atom is -0.342 e. The molecule has 26 heavy (non-hydrogen) atoms. The molecule has 2 aliphatic heterocycles. The van der Waals surface area contributed by atoms with E-state index in [9.17, 15) is 4.79 Å². The molecule has 0 unspecified atom stereocenters. The van der Waals surface area contributed by atoms with Crippen molar-refractivity contribution in [2.75, 3.05) is 47.3 Å². The molecule has 0 spiro atoms. The first-order chi connectivity index (χ1) is 12.5. The summed E-state index contributed by atoms with van der Waals surface area (Å²) in [5, 5.41) is 7.83. The van der Waals surface area contributed by atoms with Crippen molar-refractivity contribution >= 4 is 5.91 Å². The van der Waals surface area contributed by atoms with Crippen LogP contribution in [0.5, 0.6) is 0 Å². The van der Waals surface area contributed by atoms with Crippen LogP contribution in [0, 0.1) is 5.92 Å². The van der Waals surface area contributed by atoms with Gasteiger partial charge in [0, 0.05) is 50.3 Å². The second kappa shape index (κ2) is 7.31. The molecule has 1 amide bonds. The topological polar surface area (TPSA) is 55.5 Å². The Labute approximate surface area is 156 Å². The number of hydrogen-bond donors (Lipinski definition) is 1. The monoisotopic (exact) mass is 359 g/mol. The SMILES string of the molecule is CN1C[C@H](C(=O)N2CCc3[nH]nc(C4CC4)c3CC2)CC[C@H](N(C)C)C1. The summed E-state index contributed by atoms with van der Waals surface area (Å²) in [6.07, 6.45) is 6.55. The average molecular weight is 360 g/mol. The van der Waals surface area contributed by atoms with Crippen LogP contribution in [0.2, 0.25) is 0 Å². The van der Waals surface area contributed by atoms with Gasteiger partial charge in [0.05, 0.1) is 11.6 Å². The summed E-state index contributed by atoms with van der Waals surface area (Å²) in [7, 11) is 6.45. The van der Waals surface area contributed by atoms with Crippen LogP contribution in [0.4, 0.5) is 0 Å². The smallest absolute Gasteiger partial charge is 0.226 e. The molecule has 1 aromatic rings. The maximum atomic E-state index is 13.2. The molecule has 1 aliphatic carbocycles. The molecule has 1 aromatic heterocycles. The summed E-state index contributed by atoms with van der Waals surface area (Å²) >= 11 is 0. The van der Waals surface area contributed by atoms with Crippen molar-refractivity contribution in [2.24, 2.45) is 5.92 Å². The van der Waals surface area contributed by atoms with Gasteiger partial charge in [0.15, 0.2) is 0 Å². The lowest BCUT2D eigenvalue weighted by Gasteiger charge is -2.27. The molecule has 144 valence electrons. The number of rotatable bonds is 3. The first-order valence-corrected chi connectivity index (χ1v) is 10.2. The van der Waals surface area contributed by atoms with Gasteiger partial charge in [-0.05, 0) is 58.8 Å². The second-order valence-electron chi connectivity index (χ2n) is 8.78. The Morgan fingerprint density at radius 3 is 2.62 bits per heavy atom. The number of likely N-dealkylation sites (N-methyl/N-ethyl adjacent to an activating group) is 2. The third-order valence-corrected chi connectivity index (χ3v) is 6.51. The number of nitrogens with zero attached hydrogens (tertiary/aromatic N) is 4. The van der Waals surface area contributed by atoms with Crippen LogP contribution in [0.3, 0.4) is 0 Å². The summed E-state index contributed by atoms with van der Waals surface area (Å²) in [6.45, 7) is 3.62. The molecule has 6 nitrogen and oxygen atoms in total. The predicted molar refractivity (Wildman–Crippen MR) is 102 cm³/mol. The number of carbonyl (C=O) groups is 1. The molecule has 1 N–H and O–H groups in total. The minimum atomic E-state index is 0.141. The van der Waals surface area contributed by atoms with E-state index in [2.05, 4.69) is 46.0 Å². The summed E-state index contributed by atoms with van der Waals surface area (Å²) in [4.78, 5) is 20.0. The predicted octanol–water partition coefficient (Wildman–Crippen LogP) is 1.49. The highest BCUT2D eigenvalue weighted by Gasteiger charge is 2.34. The molecule has 1 saturated carbocycles. The van der Waals surface area contributed by atoms with Gasteiger partial charge in [-0.1, -0.05) is 0 Å². The van der Waals surface area contributed by atoms with Crippen LogP contribution in [-0.2, 0) is 17.6 Å². The van der Waals surface area contributed by atoms with Crippen LogP contribution >= 0.6 is 0 Å². The van der Waals surface area contributed by atoms with E-state index in [4.69, 9.17) is 0 Å². The number of amides is 1. The Kier molecular flexibility index (Phi) is 5.06. The second-order valence-corrected chi connectivity index (χ2v) is 8.78. The number of aromatic amines is 1. The zero-order valence-electron chi connectivity index (χ0n) is 16.5. The lowest BCUT2D eigenvalue weighted by Crippen LogP contribution is -2.42. The summed E-state index contributed by atoms with van der Waals surface area (Å²) < 4.78 is 0. The number of aromatic nitrogens is 2. The first kappa shape index (κ1) is 18.0. The normalized spacial score (nSPS) is 27.9. The molecule has 0 radical (unpaired) electrons. The van der Waals surface area contributed by atoms with Crippen molar-refractivity contribution in [2.45, 2.75) is 50.5 Å². The van der Waals surface area contributed by atoms with Crippen molar-refractivity contribution in [3.8, 4) is 0 Å². The molecule has 3 heterocycles. The van der Waals surface area contributed by atoms with Crippen molar-refractivity contribution in [3.63, 3.8) is 0 Å². The van der Waals surface area contributed by atoms with Gasteiger partial charge in [-0.15, -0.1) is 0 Å². The van der Waals surface area contributed by atoms with Crippen LogP contribution in [0.1, 0.15) is 48.6 Å². The van der Waals surface area contributed by atoms with Crippen molar-refractivity contribution in [3.05, 3.63) is 17.0 Å². The Morgan fingerprint density at radius 2 is 1.88 bits per heavy atom. The van der Waals surface area contributed by atoms with Crippen LogP contribution in [0.25, 0.3) is 0 Å². The Bertz CT molecular complexity index is 651. The maximum absolute atomic E-state index is 13.2. The van der Waals surface area contributed by atoms with Crippen LogP contribution < -0.4 is 0 Å². The highest BCUT2D eigenvalue weighted by Crippen LogP contribution is 2.41. The zero-order chi connectivity index (χ0) is 18.3. The van der Waals surface area contributed by atoms with Crippen LogP contribution in [-0.4, -0.2) is 84.2 Å². The summed E-state index contributed by atoms with van der Waals surface area (Å²) in [5.41, 5.74) is 3.97. The zero-order valence-corrected chi connectivity index (χ0v) is 16.5. The van der Waals surface area contributed by atoms with E-state index in [0.717, 1.165) is 51.9 Å². The summed E-state index contributed by atoms with van der Waals surface area (Å²) in [6, 6.07) is 0.550. The third-order valence-electron chi connectivity index (χ3n) is 6.51. The quantitative estimate of drug-likeness (QED) is 0.888. The Morgan fingerprint density at radius 1 is 1.12 bits per heavy atom. The van der Waals surface area contributed by atoms with E-state index < -0.39 is 0 Å². The average Bonchev–Trinajstić information content (AvgIpc) is 3.42. The summed E-state index contributed by atoms with van der Waals surface area (Å²) in [5.74, 6) is 1.18. The minimum absolute atomic E-state index is 0.141. The van der Waals surface area contributed by atoms with E-state index in [1.807, 2.05) is 0 Å². The van der Waals surface area contributed by atoms with Gasteiger partial charge in [-0.3, -0.25) is 9.89 Å². The molecule has 1 saturated heterocycles. The number of nitrogens with one attached hydrogen (secondary N) is 1. The number of fused-ring (bicyclic) bond motifs is 1. The third kappa shape index (κ3) is 3.67. The molecule has 0 aromatic carbocycles. The van der Waals surface area contributed by atoms with E-state index in [1.165, 1.54) is 29.8 Å². The fourth-order valence-corrected chi connectivity index (χ4v) is 4.69. The van der Waals surface area contributed by atoms with Gasteiger partial charge in [0.2, 0.25) is 5.91 Å². The van der Waals surface area contributed by atoms with Gasteiger partial charge in [0.1, 0.15) is 0 Å². The van der Waals surface area contributed by atoms with Crippen molar-refractivity contribution < 1.29 is 4.79 Å². The fraction of sp³-hybridized carbons (Fsp3) is 0.800. The number of carbonyl (C=O) groups excluding carboxylic acids is 1. The Hall–Kier alpha value is -1.40. The standard InChI is InChI=1S/C20H33N5O/c1-23(2)16-7-6-15(12-24(3)13-16)20(26)25-10-8-17-18(9-11-25)21-22-19(17)14-4-5-14/h14-16H,4-13H2,1-3H3,(H,21,22)/t15-,16+/m1/s1. The van der Waals surface area contributed by atoms with E-state index in [1.54, 1.807) is 0 Å². The molecule has 6 heteroatoms. The van der Waals surface area contributed by atoms with Crippen molar-refractivity contribution in [1.82, 2.24) is 24.9 Å². The van der Waals surface area contributed by atoms with Gasteiger partial charge >= 0.3 is 0 Å². The largest absolute Gasteiger partial charge is 0.342 e. The molecule has 4 rings (SSSR count). The molecular formula is C20H33N5O. The van der Waals surface area contributed by atoms with Crippen LogP contribution in [0.15, 0.2) is 0 Å². The maximum Gasteiger partial charge on any atom is 0.226 e. The Balaban J connectivity index is 1.40. The van der Waals surface area contributed by atoms with Gasteiger partial charge in [-0.25, -0.2) is 0 Å². The van der Waals surface area contributed by atoms with Gasteiger partial charge in [-0.2, -0.15) is 5.10 Å².